The summed E-state index contributed by atoms with van der Waals surface area (Å²) in [5.74, 6) is 3.21. The number of hydrogen-bond donors (Lipinski definition) is 0. The van der Waals surface area contributed by atoms with Gasteiger partial charge < -0.3 is 14.5 Å². The van der Waals surface area contributed by atoms with E-state index in [9.17, 15) is 0 Å². The van der Waals surface area contributed by atoms with Gasteiger partial charge in [-0.25, -0.2) is 4.98 Å². The van der Waals surface area contributed by atoms with Crippen molar-refractivity contribution in [2.45, 2.75) is 137 Å². The Labute approximate surface area is 441 Å². The van der Waals surface area contributed by atoms with Crippen LogP contribution in [0.4, 0.5) is 22.7 Å². The highest BCUT2D eigenvalue weighted by atomic mass is 16.5. The summed E-state index contributed by atoms with van der Waals surface area (Å²) in [6.45, 7) is 35.3. The second kappa shape index (κ2) is 18.7. The van der Waals surface area contributed by atoms with Crippen molar-refractivity contribution in [1.82, 2.24) is 9.55 Å². The summed E-state index contributed by atoms with van der Waals surface area (Å²) in [6.07, 6.45) is 1.95. The lowest BCUT2D eigenvalue weighted by Crippen LogP contribution is -2.26. The number of nitrogens with zero attached hydrogens (tertiary/aromatic N) is 4. The summed E-state index contributed by atoms with van der Waals surface area (Å²) in [7, 11) is 0. The highest BCUT2D eigenvalue weighted by Crippen LogP contribution is 2.50. The van der Waals surface area contributed by atoms with Gasteiger partial charge in [0.2, 0.25) is 0 Å². The van der Waals surface area contributed by atoms with Crippen LogP contribution in [-0.4, -0.2) is 16.2 Å². The summed E-state index contributed by atoms with van der Waals surface area (Å²) in [5.41, 5.74) is 18.0. The van der Waals surface area contributed by atoms with E-state index in [-0.39, 0.29) is 21.7 Å². The Kier molecular flexibility index (Phi) is 12.7. The van der Waals surface area contributed by atoms with Crippen molar-refractivity contribution >= 4 is 44.6 Å². The lowest BCUT2D eigenvalue weighted by atomic mass is 9.75. The van der Waals surface area contributed by atoms with Gasteiger partial charge in [-0.1, -0.05) is 189 Å². The first-order chi connectivity index (χ1) is 35.0. The van der Waals surface area contributed by atoms with Gasteiger partial charge in [0.05, 0.1) is 22.4 Å². The van der Waals surface area contributed by atoms with Crippen LogP contribution in [0, 0.1) is 0 Å². The van der Waals surface area contributed by atoms with Crippen LogP contribution in [0.15, 0.2) is 164 Å². The summed E-state index contributed by atoms with van der Waals surface area (Å²) < 4.78 is 9.47. The minimum atomic E-state index is -0.222. The molecule has 0 aliphatic carbocycles. The Hall–Kier alpha value is -7.11. The molecule has 3 heterocycles. The second-order valence-electron chi connectivity index (χ2n) is 25.1. The largest absolute Gasteiger partial charge is 0.457 e. The minimum absolute atomic E-state index is 0.0327. The van der Waals surface area contributed by atoms with E-state index >= 15 is 0 Å². The molecule has 0 N–H and O–H groups in total. The molecule has 0 amide bonds. The first kappa shape index (κ1) is 50.4. The second-order valence-corrected chi connectivity index (χ2v) is 25.1. The van der Waals surface area contributed by atoms with Crippen molar-refractivity contribution in [3.63, 3.8) is 0 Å². The molecule has 1 aliphatic rings. The van der Waals surface area contributed by atoms with Gasteiger partial charge in [-0.05, 0) is 139 Å². The molecule has 5 heteroatoms. The minimum Gasteiger partial charge on any atom is -0.457 e. The maximum Gasteiger partial charge on any atom is 0.137 e. The Morgan fingerprint density at radius 2 is 1.12 bits per heavy atom. The number of fused-ring (bicyclic) bond motifs is 4. The number of anilines is 4. The molecule has 74 heavy (non-hydrogen) atoms. The SMILES string of the molecule is CC(C)c1cccc(C(C)C)c1-c1ccc2c(c1)N(c1cccc(Oc3cc(C(C)(C)C)c4c5ccccc5n(-c5cc(C(C)(C)C)ccn5)c4c3)c1)CN2c1cc(C(C)(C)C)cc(C(C)(C)c2ccccc2)c1. The molecular formula is C69H76N4O. The van der Waals surface area contributed by atoms with Crippen LogP contribution < -0.4 is 14.5 Å². The average molecular weight is 977 g/mol. The number of para-hydroxylation sites is 1. The predicted octanol–water partition coefficient (Wildman–Crippen LogP) is 19.4. The first-order valence-electron chi connectivity index (χ1n) is 26.9. The van der Waals surface area contributed by atoms with Gasteiger partial charge in [0.15, 0.2) is 0 Å². The van der Waals surface area contributed by atoms with Crippen LogP contribution in [0.1, 0.15) is 155 Å². The van der Waals surface area contributed by atoms with Crippen molar-refractivity contribution in [2.24, 2.45) is 0 Å². The van der Waals surface area contributed by atoms with Gasteiger partial charge in [0.25, 0.3) is 0 Å². The molecule has 9 aromatic rings. The topological polar surface area (TPSA) is 33.5 Å². The van der Waals surface area contributed by atoms with E-state index in [2.05, 4.69) is 276 Å². The average Bonchev–Trinajstić information content (AvgIpc) is 3.92. The predicted molar refractivity (Wildman–Crippen MR) is 315 cm³/mol. The third-order valence-corrected chi connectivity index (χ3v) is 15.6. The number of hydrogen-bond acceptors (Lipinski definition) is 4. The molecule has 378 valence electrons. The maximum absolute atomic E-state index is 7.14. The molecule has 10 rings (SSSR count). The zero-order chi connectivity index (χ0) is 52.6. The lowest BCUT2D eigenvalue weighted by Gasteiger charge is -2.31. The van der Waals surface area contributed by atoms with E-state index in [0.29, 0.717) is 18.5 Å². The number of ether oxygens (including phenoxy) is 1. The Morgan fingerprint density at radius 3 is 1.80 bits per heavy atom. The number of pyridine rings is 1. The van der Waals surface area contributed by atoms with E-state index in [1.807, 2.05) is 6.20 Å². The molecule has 0 fully saturated rings. The molecule has 0 bridgehead atoms. The standard InChI is InChI=1S/C69H76N4O/c1-44(2)55-28-22-29-56(45(3)4)64(55)46-31-32-60-61(35-46)71(43-72(60)52-37-49(67(8,9)10)36-50(38-52)69(14,15)47-23-17-16-18-24-47)51-25-21-26-53(40-51)74-54-41-58(68(11,12)13)65-57-27-19-20-30-59(57)73(62(65)42-54)63-39-48(33-34-70-63)66(5,6)7/h16-42,44-45H,43H2,1-15H3. The summed E-state index contributed by atoms with van der Waals surface area (Å²) >= 11 is 0. The molecule has 7 aromatic carbocycles. The summed E-state index contributed by atoms with van der Waals surface area (Å²) in [4.78, 5) is 10.0. The van der Waals surface area contributed by atoms with Gasteiger partial charge in [-0.2, -0.15) is 0 Å². The van der Waals surface area contributed by atoms with Gasteiger partial charge >= 0.3 is 0 Å². The Morgan fingerprint density at radius 1 is 0.473 bits per heavy atom. The molecule has 0 atom stereocenters. The number of aromatic nitrogens is 2. The molecule has 1 aliphatic heterocycles. The number of benzene rings is 7. The summed E-state index contributed by atoms with van der Waals surface area (Å²) in [6, 6.07) is 58.6. The molecular weight excluding hydrogens is 901 g/mol. The Balaban J connectivity index is 1.13. The molecule has 0 radical (unpaired) electrons. The third kappa shape index (κ3) is 9.29. The van der Waals surface area contributed by atoms with Crippen LogP contribution in [0.5, 0.6) is 11.5 Å². The molecule has 5 nitrogen and oxygen atoms in total. The zero-order valence-corrected chi connectivity index (χ0v) is 46.6. The van der Waals surface area contributed by atoms with E-state index in [1.165, 1.54) is 77.9 Å². The third-order valence-electron chi connectivity index (χ3n) is 15.6. The normalized spacial score (nSPS) is 13.5. The highest BCUT2D eigenvalue weighted by molar-refractivity contribution is 6.11. The lowest BCUT2D eigenvalue weighted by molar-refractivity contribution is 0.480. The molecule has 0 saturated carbocycles. The fraction of sp³-hybridized carbons (Fsp3) is 0.319. The molecule has 0 unspecified atom stereocenters. The van der Waals surface area contributed by atoms with Crippen LogP contribution in [0.25, 0.3) is 38.8 Å². The quantitative estimate of drug-likeness (QED) is 0.137. The van der Waals surface area contributed by atoms with E-state index in [1.54, 1.807) is 0 Å². The first-order valence-corrected chi connectivity index (χ1v) is 26.9. The van der Waals surface area contributed by atoms with Gasteiger partial charge in [-0.15, -0.1) is 0 Å². The maximum atomic E-state index is 7.14. The molecule has 0 spiro atoms. The van der Waals surface area contributed by atoms with Crippen LogP contribution in [0.3, 0.4) is 0 Å². The fourth-order valence-electron chi connectivity index (χ4n) is 11.2. The van der Waals surface area contributed by atoms with Gasteiger partial charge in [-0.3, -0.25) is 4.57 Å². The van der Waals surface area contributed by atoms with Crippen molar-refractivity contribution in [2.75, 3.05) is 16.5 Å². The van der Waals surface area contributed by atoms with Gasteiger partial charge in [0.1, 0.15) is 24.0 Å². The highest BCUT2D eigenvalue weighted by Gasteiger charge is 2.33. The van der Waals surface area contributed by atoms with E-state index in [4.69, 9.17) is 9.72 Å². The van der Waals surface area contributed by atoms with E-state index in [0.717, 1.165) is 34.0 Å². The van der Waals surface area contributed by atoms with Crippen molar-refractivity contribution in [1.29, 1.82) is 0 Å². The van der Waals surface area contributed by atoms with Crippen LogP contribution in [0.2, 0.25) is 0 Å². The smallest absolute Gasteiger partial charge is 0.137 e. The van der Waals surface area contributed by atoms with Gasteiger partial charge in [0, 0.05) is 45.9 Å². The van der Waals surface area contributed by atoms with E-state index < -0.39 is 0 Å². The van der Waals surface area contributed by atoms with Crippen molar-refractivity contribution in [3.05, 3.63) is 203 Å². The number of rotatable bonds is 10. The van der Waals surface area contributed by atoms with Crippen LogP contribution in [-0.2, 0) is 21.7 Å². The molecule has 2 aromatic heterocycles. The van der Waals surface area contributed by atoms with Crippen molar-refractivity contribution < 1.29 is 4.74 Å². The monoisotopic (exact) mass is 977 g/mol. The zero-order valence-electron chi connectivity index (χ0n) is 46.6. The Bertz CT molecular complexity index is 3530. The molecule has 0 saturated heterocycles. The summed E-state index contributed by atoms with van der Waals surface area (Å²) in [5, 5.41) is 2.44. The fourth-order valence-corrected chi connectivity index (χ4v) is 11.2. The van der Waals surface area contributed by atoms with Crippen LogP contribution >= 0.6 is 0 Å². The van der Waals surface area contributed by atoms with Crippen molar-refractivity contribution in [3.8, 4) is 28.4 Å².